The maximum atomic E-state index is 14.6. The average molecular weight is 1150 g/mol. The molecule has 3 fully saturated rings. The van der Waals surface area contributed by atoms with Crippen LogP contribution in [0.1, 0.15) is 66.7 Å². The van der Waals surface area contributed by atoms with Crippen LogP contribution in [0.3, 0.4) is 0 Å². The standard InChI is InChI=1S/C59H68N6O18/c1-77-39-18-14-37(15-19-39)59-50(36-10-5-3-6-11-36)49(52(71)58(59,76)51-42(78-2)28-40(29-43(51)83-59)81-48-34-79-33-44(82-48)41(67)31-66)53(72)60-25-26-62-56(75)80-32-35-12-16-38(17-13-35)64-45(68)30-63-55(74)57(22-9-23-57)54(73)61-24-7-4-8-27-65-46(69)20-21-47(65)70/h3,5-6,10-21,28-29,41,44,48-50,52,66-67,71,76H,4,7-9,22-27,30-34H2,1-2H3,(H,60,72)(H,61,73)(H,62,75)(H,63,74)(H,64,68)/t41?,44?,48?,49?,50-,52?,58+,59+/m1/s1. The summed E-state index contributed by atoms with van der Waals surface area (Å²) < 4.78 is 41.3. The van der Waals surface area contributed by atoms with E-state index >= 15 is 0 Å². The van der Waals surface area contributed by atoms with E-state index in [1.165, 1.54) is 38.5 Å². The van der Waals surface area contributed by atoms with Crippen molar-refractivity contribution in [3.05, 3.63) is 125 Å². The number of nitrogens with zero attached hydrogens (tertiary/aromatic N) is 1. The lowest BCUT2D eigenvalue weighted by atomic mass is 9.67. The van der Waals surface area contributed by atoms with Gasteiger partial charge in [0.1, 0.15) is 59.9 Å². The molecule has 9 rings (SSSR count). The first-order chi connectivity index (χ1) is 40.1. The number of carbonyl (C=O) groups excluding carboxylic acids is 7. The number of anilines is 1. The predicted octanol–water partition coefficient (Wildman–Crippen LogP) is 1.91. The number of fused-ring (bicyclic) bond motifs is 3. The Hall–Kier alpha value is -8.13. The molecule has 7 amide bonds. The van der Waals surface area contributed by atoms with E-state index in [0.29, 0.717) is 79.7 Å². The van der Waals surface area contributed by atoms with Crippen molar-refractivity contribution in [3.8, 4) is 23.0 Å². The van der Waals surface area contributed by atoms with Crippen LogP contribution < -0.4 is 45.5 Å². The van der Waals surface area contributed by atoms with Crippen molar-refractivity contribution in [2.24, 2.45) is 11.3 Å². The SMILES string of the molecule is COc1ccc([C@@]23Oc4cc(OC5COCC(C(O)CO)O5)cc(OC)c4[C@]2(O)C(O)C(C(=O)NCCNC(=O)OCc2ccc(NC(=O)CNC(=O)C4(C(=O)NCCCCCN5C(=O)C=CC5=O)CCC4)cc2)[C@H]3c2ccccc2)cc1. The maximum absolute atomic E-state index is 14.6. The second-order valence-electron chi connectivity index (χ2n) is 20.8. The summed E-state index contributed by atoms with van der Waals surface area (Å²) in [6.07, 6.45) is -0.105. The van der Waals surface area contributed by atoms with Gasteiger partial charge in [0.05, 0.1) is 45.5 Å². The van der Waals surface area contributed by atoms with E-state index in [2.05, 4.69) is 26.6 Å². The van der Waals surface area contributed by atoms with Gasteiger partial charge in [-0.1, -0.05) is 61.0 Å². The van der Waals surface area contributed by atoms with Crippen molar-refractivity contribution in [1.29, 1.82) is 0 Å². The first-order valence-corrected chi connectivity index (χ1v) is 27.4. The second-order valence-corrected chi connectivity index (χ2v) is 20.8. The molecular formula is C59H68N6O18. The molecule has 0 bridgehead atoms. The Bertz CT molecular complexity index is 3030. The molecule has 442 valence electrons. The number of alkyl carbamates (subject to hydrolysis) is 1. The van der Waals surface area contributed by atoms with Crippen molar-refractivity contribution in [2.45, 2.75) is 86.9 Å². The molecule has 0 aromatic heterocycles. The topological polar surface area (TPSA) is 328 Å². The first kappa shape index (κ1) is 59.5. The van der Waals surface area contributed by atoms with E-state index in [0.717, 1.165) is 4.90 Å². The summed E-state index contributed by atoms with van der Waals surface area (Å²) in [5, 5.41) is 59.4. The number of hydrogen-bond donors (Lipinski definition) is 9. The summed E-state index contributed by atoms with van der Waals surface area (Å²) in [4.78, 5) is 91.3. The summed E-state index contributed by atoms with van der Waals surface area (Å²) in [5.74, 6) is -4.51. The maximum Gasteiger partial charge on any atom is 0.407 e. The summed E-state index contributed by atoms with van der Waals surface area (Å²) in [6.45, 7) is -0.683. The number of imide groups is 1. The van der Waals surface area contributed by atoms with Crippen molar-refractivity contribution in [3.63, 3.8) is 0 Å². The van der Waals surface area contributed by atoms with Gasteiger partial charge in [-0.2, -0.15) is 0 Å². The van der Waals surface area contributed by atoms with Crippen molar-refractivity contribution in [2.75, 3.05) is 72.1 Å². The quantitative estimate of drug-likeness (QED) is 0.0260. The fourth-order valence-electron chi connectivity index (χ4n) is 11.4. The predicted molar refractivity (Wildman–Crippen MR) is 292 cm³/mol. The molecular weight excluding hydrogens is 1080 g/mol. The lowest BCUT2D eigenvalue weighted by Crippen LogP contribution is -2.56. The van der Waals surface area contributed by atoms with E-state index in [4.69, 9.17) is 33.2 Å². The minimum absolute atomic E-state index is 0.0166. The third-order valence-electron chi connectivity index (χ3n) is 15.8. The first-order valence-electron chi connectivity index (χ1n) is 27.4. The van der Waals surface area contributed by atoms with E-state index in [1.807, 2.05) is 0 Å². The molecule has 9 N–H and O–H groups in total. The molecule has 24 nitrogen and oxygen atoms in total. The Morgan fingerprint density at radius 1 is 0.795 bits per heavy atom. The van der Waals surface area contributed by atoms with Crippen LogP contribution in [-0.2, 0) is 60.8 Å². The highest BCUT2D eigenvalue weighted by Crippen LogP contribution is 2.70. The number of aliphatic hydroxyl groups excluding tert-OH is 3. The summed E-state index contributed by atoms with van der Waals surface area (Å²) in [5.41, 5.74) is -3.61. The fourth-order valence-corrected chi connectivity index (χ4v) is 11.4. The largest absolute Gasteiger partial charge is 0.497 e. The van der Waals surface area contributed by atoms with Gasteiger partial charge in [0.2, 0.25) is 29.9 Å². The Morgan fingerprint density at radius 3 is 2.18 bits per heavy atom. The normalized spacial score (nSPS) is 24.0. The summed E-state index contributed by atoms with van der Waals surface area (Å²) in [6, 6.07) is 25.0. The van der Waals surface area contributed by atoms with E-state index < -0.39 is 89.4 Å². The number of nitrogens with one attached hydrogen (secondary N) is 5. The molecule has 2 aliphatic carbocycles. The molecule has 1 saturated heterocycles. The third-order valence-corrected chi connectivity index (χ3v) is 15.8. The van der Waals surface area contributed by atoms with Crippen LogP contribution in [0.2, 0.25) is 0 Å². The highest BCUT2D eigenvalue weighted by molar-refractivity contribution is 6.13. The zero-order valence-electron chi connectivity index (χ0n) is 45.8. The lowest BCUT2D eigenvalue weighted by molar-refractivity contribution is -0.233. The molecule has 2 saturated carbocycles. The zero-order chi connectivity index (χ0) is 58.9. The van der Waals surface area contributed by atoms with Gasteiger partial charge < -0.3 is 80.2 Å². The number of rotatable bonds is 25. The minimum atomic E-state index is -2.38. The van der Waals surface area contributed by atoms with Gasteiger partial charge in [-0.3, -0.25) is 33.7 Å². The van der Waals surface area contributed by atoms with Crippen LogP contribution in [0, 0.1) is 11.3 Å². The van der Waals surface area contributed by atoms with Crippen molar-refractivity contribution >= 4 is 47.2 Å². The third kappa shape index (κ3) is 12.2. The molecule has 4 aromatic rings. The smallest absolute Gasteiger partial charge is 0.407 e. The Kier molecular flexibility index (Phi) is 18.6. The van der Waals surface area contributed by atoms with E-state index in [1.54, 1.807) is 78.9 Å². The zero-order valence-corrected chi connectivity index (χ0v) is 45.8. The summed E-state index contributed by atoms with van der Waals surface area (Å²) in [7, 11) is 2.87. The second kappa shape index (κ2) is 26.0. The molecule has 8 atom stereocenters. The molecule has 4 aromatic carbocycles. The molecule has 83 heavy (non-hydrogen) atoms. The van der Waals surface area contributed by atoms with E-state index in [-0.39, 0.29) is 74.1 Å². The van der Waals surface area contributed by atoms with Crippen LogP contribution in [-0.4, -0.2) is 158 Å². The Labute approximate surface area is 477 Å². The van der Waals surface area contributed by atoms with Crippen molar-refractivity contribution < 1.29 is 87.1 Å². The van der Waals surface area contributed by atoms with Crippen LogP contribution in [0.4, 0.5) is 10.5 Å². The number of benzene rings is 4. The number of amides is 7. The molecule has 5 aliphatic rings. The van der Waals surface area contributed by atoms with Gasteiger partial charge in [-0.05, 0) is 73.1 Å². The van der Waals surface area contributed by atoms with Crippen LogP contribution in [0.5, 0.6) is 23.0 Å². The molecule has 24 heteroatoms. The molecule has 3 heterocycles. The molecule has 5 unspecified atom stereocenters. The monoisotopic (exact) mass is 1150 g/mol. The van der Waals surface area contributed by atoms with Gasteiger partial charge in [0.25, 0.3) is 11.8 Å². The van der Waals surface area contributed by atoms with Crippen molar-refractivity contribution in [1.82, 2.24) is 26.2 Å². The lowest BCUT2D eigenvalue weighted by Gasteiger charge is -2.40. The number of carbonyl (C=O) groups is 7. The number of hydrogen-bond acceptors (Lipinski definition) is 18. The number of aliphatic hydroxyl groups is 4. The summed E-state index contributed by atoms with van der Waals surface area (Å²) >= 11 is 0. The van der Waals surface area contributed by atoms with Crippen LogP contribution in [0.15, 0.2) is 103 Å². The number of methoxy groups -OCH3 is 2. The van der Waals surface area contributed by atoms with Gasteiger partial charge in [0, 0.05) is 62.1 Å². The van der Waals surface area contributed by atoms with Crippen LogP contribution >= 0.6 is 0 Å². The number of ether oxygens (including phenoxy) is 7. The Balaban J connectivity index is 0.777. The van der Waals surface area contributed by atoms with Crippen LogP contribution in [0.25, 0.3) is 0 Å². The van der Waals surface area contributed by atoms with Gasteiger partial charge in [0.15, 0.2) is 11.2 Å². The minimum Gasteiger partial charge on any atom is -0.497 e. The highest BCUT2D eigenvalue weighted by Gasteiger charge is 2.78. The van der Waals surface area contributed by atoms with Gasteiger partial charge >= 0.3 is 6.09 Å². The van der Waals surface area contributed by atoms with E-state index in [9.17, 15) is 54.0 Å². The molecule has 0 spiro atoms. The number of unbranched alkanes of at least 4 members (excludes halogenated alkanes) is 2. The molecule has 3 aliphatic heterocycles. The highest BCUT2D eigenvalue weighted by atomic mass is 16.7. The van der Waals surface area contributed by atoms with Gasteiger partial charge in [-0.15, -0.1) is 0 Å². The fraction of sp³-hybridized carbons (Fsp3) is 0.441. The Morgan fingerprint density at radius 2 is 1.51 bits per heavy atom. The van der Waals surface area contributed by atoms with Gasteiger partial charge in [-0.25, -0.2) is 4.79 Å². The average Bonchev–Trinajstić information content (AvgIpc) is 1.51. The molecule has 0 radical (unpaired) electrons.